The minimum atomic E-state index is -0.0307. The molecule has 3 aromatic rings. The summed E-state index contributed by atoms with van der Waals surface area (Å²) >= 11 is 0. The summed E-state index contributed by atoms with van der Waals surface area (Å²) in [5.74, 6) is 0.0352. The fraction of sp³-hybridized carbons (Fsp3) is 0.429. The normalized spacial score (nSPS) is 21.6. The molecule has 0 saturated heterocycles. The molecule has 1 aromatic heterocycles. The smallest absolute Gasteiger partial charge is 0.267 e. The van der Waals surface area contributed by atoms with E-state index in [9.17, 15) is 4.79 Å². The van der Waals surface area contributed by atoms with Gasteiger partial charge in [-0.2, -0.15) is 5.10 Å². The van der Waals surface area contributed by atoms with Crippen LogP contribution in [-0.2, 0) is 19.5 Å². The standard InChI is InChI=1S/C28H35N5O/c1-32(2)16-18-8-12-20(13-9-18)24-26(21-14-10-19(11-15-21)17-33(3)4)29-23-7-5-6-22-25(23)27(24)30-31-28(22)34/h8-15,23-24,26,29H,5-7,16-17H2,1-4H3,(H,31,34)/t23?,24-,26-/m0/s1. The lowest BCUT2D eigenvalue weighted by Gasteiger charge is -2.41. The Labute approximate surface area is 202 Å². The van der Waals surface area contributed by atoms with Crippen LogP contribution in [0.5, 0.6) is 0 Å². The molecular formula is C28H35N5O. The van der Waals surface area contributed by atoms with Gasteiger partial charge in [-0.1, -0.05) is 48.5 Å². The Morgan fingerprint density at radius 1 is 0.882 bits per heavy atom. The fourth-order valence-electron chi connectivity index (χ4n) is 5.68. The largest absolute Gasteiger partial charge is 0.305 e. The SMILES string of the molecule is CN(C)Cc1ccc([C@@H]2c3n[nH]c(=O)c4c3C(CCC4)N[C@H]2c2ccc(CN(C)C)cc2)cc1. The van der Waals surface area contributed by atoms with Gasteiger partial charge in [-0.15, -0.1) is 0 Å². The predicted molar refractivity (Wildman–Crippen MR) is 136 cm³/mol. The van der Waals surface area contributed by atoms with Gasteiger partial charge in [0.1, 0.15) is 0 Å². The van der Waals surface area contributed by atoms with Crippen molar-refractivity contribution < 1.29 is 0 Å². The number of hydrogen-bond acceptors (Lipinski definition) is 5. The molecule has 0 fully saturated rings. The van der Waals surface area contributed by atoms with Gasteiger partial charge in [0.25, 0.3) is 5.56 Å². The molecule has 0 bridgehead atoms. The number of aromatic amines is 1. The zero-order valence-corrected chi connectivity index (χ0v) is 20.6. The van der Waals surface area contributed by atoms with Crippen molar-refractivity contribution in [2.24, 2.45) is 0 Å². The molecule has 34 heavy (non-hydrogen) atoms. The van der Waals surface area contributed by atoms with Crippen LogP contribution < -0.4 is 10.9 Å². The van der Waals surface area contributed by atoms with Crippen LogP contribution in [0, 0.1) is 0 Å². The second kappa shape index (κ2) is 9.45. The van der Waals surface area contributed by atoms with Crippen molar-refractivity contribution in [3.05, 3.63) is 98.0 Å². The zero-order chi connectivity index (χ0) is 23.8. The van der Waals surface area contributed by atoms with Gasteiger partial charge < -0.3 is 15.1 Å². The van der Waals surface area contributed by atoms with E-state index in [1.54, 1.807) is 0 Å². The van der Waals surface area contributed by atoms with Gasteiger partial charge in [0.2, 0.25) is 0 Å². The summed E-state index contributed by atoms with van der Waals surface area (Å²) in [6, 6.07) is 18.1. The average Bonchev–Trinajstić information content (AvgIpc) is 2.81. The van der Waals surface area contributed by atoms with E-state index in [0.717, 1.165) is 49.2 Å². The van der Waals surface area contributed by atoms with Crippen molar-refractivity contribution in [3.8, 4) is 0 Å². The van der Waals surface area contributed by atoms with E-state index in [0.29, 0.717) is 0 Å². The predicted octanol–water partition coefficient (Wildman–Crippen LogP) is 3.75. The maximum Gasteiger partial charge on any atom is 0.267 e. The highest BCUT2D eigenvalue weighted by Crippen LogP contribution is 2.47. The molecule has 6 heteroatoms. The van der Waals surface area contributed by atoms with Gasteiger partial charge >= 0.3 is 0 Å². The Morgan fingerprint density at radius 2 is 1.47 bits per heavy atom. The summed E-state index contributed by atoms with van der Waals surface area (Å²) in [5.41, 5.74) is 8.13. The first-order chi connectivity index (χ1) is 16.4. The third-order valence-corrected chi connectivity index (χ3v) is 7.11. The molecule has 2 aromatic carbocycles. The molecule has 178 valence electrons. The number of hydrogen-bond donors (Lipinski definition) is 2. The molecule has 2 aliphatic rings. The topological polar surface area (TPSA) is 64.3 Å². The maximum atomic E-state index is 12.6. The van der Waals surface area contributed by atoms with Crippen LogP contribution in [0.2, 0.25) is 0 Å². The number of benzene rings is 2. The van der Waals surface area contributed by atoms with Crippen molar-refractivity contribution in [3.63, 3.8) is 0 Å². The van der Waals surface area contributed by atoms with Gasteiger partial charge in [0.05, 0.1) is 5.69 Å². The fourth-order valence-corrected chi connectivity index (χ4v) is 5.68. The van der Waals surface area contributed by atoms with Crippen molar-refractivity contribution >= 4 is 0 Å². The van der Waals surface area contributed by atoms with Gasteiger partial charge in [-0.25, -0.2) is 5.10 Å². The molecule has 0 radical (unpaired) electrons. The first-order valence-corrected chi connectivity index (χ1v) is 12.2. The van der Waals surface area contributed by atoms with Crippen molar-refractivity contribution in [2.45, 2.75) is 50.4 Å². The lowest BCUT2D eigenvalue weighted by Crippen LogP contribution is -2.42. The molecule has 1 aliphatic heterocycles. The quantitative estimate of drug-likeness (QED) is 0.590. The van der Waals surface area contributed by atoms with E-state index in [1.807, 2.05) is 0 Å². The molecule has 0 amide bonds. The van der Waals surface area contributed by atoms with Gasteiger partial charge in [-0.05, 0) is 69.7 Å². The highest BCUT2D eigenvalue weighted by Gasteiger charge is 2.40. The molecule has 2 heterocycles. The average molecular weight is 458 g/mol. The highest BCUT2D eigenvalue weighted by atomic mass is 16.1. The van der Waals surface area contributed by atoms with E-state index < -0.39 is 0 Å². The van der Waals surface area contributed by atoms with Crippen molar-refractivity contribution in [2.75, 3.05) is 28.2 Å². The van der Waals surface area contributed by atoms with Crippen LogP contribution in [0.1, 0.15) is 69.9 Å². The third kappa shape index (κ3) is 4.45. The number of nitrogens with one attached hydrogen (secondary N) is 2. The molecule has 2 N–H and O–H groups in total. The van der Waals surface area contributed by atoms with Gasteiger partial charge in [0, 0.05) is 42.2 Å². The second-order valence-electron chi connectivity index (χ2n) is 10.4. The molecule has 0 spiro atoms. The van der Waals surface area contributed by atoms with Crippen LogP contribution >= 0.6 is 0 Å². The zero-order valence-electron chi connectivity index (χ0n) is 20.6. The van der Waals surface area contributed by atoms with E-state index in [-0.39, 0.29) is 23.6 Å². The third-order valence-electron chi connectivity index (χ3n) is 7.11. The van der Waals surface area contributed by atoms with Crippen molar-refractivity contribution in [1.29, 1.82) is 0 Å². The number of H-pyrrole nitrogens is 1. The molecule has 1 unspecified atom stereocenters. The Balaban J connectivity index is 1.59. The van der Waals surface area contributed by atoms with Crippen LogP contribution in [0.25, 0.3) is 0 Å². The summed E-state index contributed by atoms with van der Waals surface area (Å²) in [6.45, 7) is 1.83. The van der Waals surface area contributed by atoms with Crippen LogP contribution in [0.4, 0.5) is 0 Å². The van der Waals surface area contributed by atoms with E-state index in [1.165, 1.54) is 22.3 Å². The Hall–Kier alpha value is -2.80. The lowest BCUT2D eigenvalue weighted by molar-refractivity contribution is 0.336. The Kier molecular flexibility index (Phi) is 6.38. The van der Waals surface area contributed by atoms with E-state index in [4.69, 9.17) is 0 Å². The Morgan fingerprint density at radius 3 is 2.06 bits per heavy atom. The Bertz CT molecular complexity index is 1200. The summed E-state index contributed by atoms with van der Waals surface area (Å²) in [5, 5.41) is 11.4. The summed E-state index contributed by atoms with van der Waals surface area (Å²) in [6.07, 6.45) is 2.89. The van der Waals surface area contributed by atoms with Gasteiger partial charge in [0.15, 0.2) is 0 Å². The van der Waals surface area contributed by atoms with E-state index in [2.05, 4.69) is 102 Å². The summed E-state index contributed by atoms with van der Waals surface area (Å²) < 4.78 is 0. The molecule has 0 saturated carbocycles. The van der Waals surface area contributed by atoms with Crippen LogP contribution in [-0.4, -0.2) is 48.2 Å². The lowest BCUT2D eigenvalue weighted by atomic mass is 9.74. The minimum Gasteiger partial charge on any atom is -0.305 e. The van der Waals surface area contributed by atoms with Crippen LogP contribution in [0.3, 0.4) is 0 Å². The monoisotopic (exact) mass is 457 g/mol. The maximum absolute atomic E-state index is 12.6. The number of nitrogens with zero attached hydrogens (tertiary/aromatic N) is 3. The summed E-state index contributed by atoms with van der Waals surface area (Å²) in [7, 11) is 8.37. The first-order valence-electron chi connectivity index (χ1n) is 12.2. The molecule has 1 aliphatic carbocycles. The van der Waals surface area contributed by atoms with Crippen LogP contribution in [0.15, 0.2) is 53.3 Å². The van der Waals surface area contributed by atoms with Crippen molar-refractivity contribution in [1.82, 2.24) is 25.3 Å². The number of rotatable bonds is 6. The first kappa shape index (κ1) is 23.0. The van der Waals surface area contributed by atoms with Gasteiger partial charge in [-0.3, -0.25) is 4.79 Å². The molecule has 5 rings (SSSR count). The summed E-state index contributed by atoms with van der Waals surface area (Å²) in [4.78, 5) is 17.0. The molecular weight excluding hydrogens is 422 g/mol. The molecule has 6 nitrogen and oxygen atoms in total. The number of aromatic nitrogens is 2. The second-order valence-corrected chi connectivity index (χ2v) is 10.4. The molecule has 3 atom stereocenters. The van der Waals surface area contributed by atoms with E-state index >= 15 is 0 Å². The highest BCUT2D eigenvalue weighted by molar-refractivity contribution is 5.46. The minimum absolute atomic E-state index is 0.0307.